The van der Waals surface area contributed by atoms with E-state index in [2.05, 4.69) is 25.0 Å². The van der Waals surface area contributed by atoms with Crippen LogP contribution in [0, 0.1) is 0 Å². The molecule has 1 unspecified atom stereocenters. The summed E-state index contributed by atoms with van der Waals surface area (Å²) in [7, 11) is 0. The number of benzene rings is 1. The zero-order valence-electron chi connectivity index (χ0n) is 12.0. The molecule has 0 aliphatic heterocycles. The Kier molecular flexibility index (Phi) is 5.04. The molecule has 0 spiro atoms. The monoisotopic (exact) mass is 329 g/mol. The number of aromatic nitrogens is 3. The van der Waals surface area contributed by atoms with Crippen LogP contribution in [0.15, 0.2) is 30.6 Å². The summed E-state index contributed by atoms with van der Waals surface area (Å²) in [6.45, 7) is 1.80. The molecule has 2 rings (SSSR count). The number of nitrogens with two attached hydrogens (primary N) is 1. The summed E-state index contributed by atoms with van der Waals surface area (Å²) in [6, 6.07) is 5.23. The van der Waals surface area contributed by atoms with Crippen molar-refractivity contribution in [2.75, 3.05) is 17.7 Å². The maximum absolute atomic E-state index is 12.3. The third-order valence-corrected chi connectivity index (χ3v) is 2.53. The molecule has 7 nitrogen and oxygen atoms in total. The van der Waals surface area contributed by atoms with Crippen molar-refractivity contribution < 1.29 is 22.6 Å². The molecule has 0 fully saturated rings. The van der Waals surface area contributed by atoms with Crippen molar-refractivity contribution in [3.63, 3.8) is 0 Å². The first-order chi connectivity index (χ1) is 10.8. The smallest absolute Gasteiger partial charge is 0.488 e. The standard InChI is InChI=1S/C13H14F3N5O2/c1-8(20-12-19-7-18-11(17)21-12)6-22-9-4-2-3-5-10(9)23-13(14,15)16/h2-5,7-8H,6H2,1H3,(H3,17,18,19,20,21). The number of alkyl halides is 3. The van der Waals surface area contributed by atoms with Gasteiger partial charge in [0.15, 0.2) is 11.5 Å². The normalized spacial score (nSPS) is 12.5. The number of rotatable bonds is 6. The summed E-state index contributed by atoms with van der Waals surface area (Å²) in [4.78, 5) is 11.4. The molecule has 0 saturated heterocycles. The maximum atomic E-state index is 12.3. The summed E-state index contributed by atoms with van der Waals surface area (Å²) in [5.74, 6) is -0.127. The largest absolute Gasteiger partial charge is 0.573 e. The number of ether oxygens (including phenoxy) is 2. The van der Waals surface area contributed by atoms with Gasteiger partial charge in [-0.2, -0.15) is 4.98 Å². The number of para-hydroxylation sites is 2. The van der Waals surface area contributed by atoms with E-state index in [1.165, 1.54) is 24.5 Å². The molecule has 2 aromatic rings. The molecule has 1 aromatic carbocycles. The average Bonchev–Trinajstić information content (AvgIpc) is 2.45. The lowest BCUT2D eigenvalue weighted by molar-refractivity contribution is -0.275. The SMILES string of the molecule is CC(COc1ccccc1OC(F)(F)F)Nc1ncnc(N)n1. The van der Waals surface area contributed by atoms with Gasteiger partial charge in [0.2, 0.25) is 11.9 Å². The first kappa shape index (κ1) is 16.6. The highest BCUT2D eigenvalue weighted by atomic mass is 19.4. The summed E-state index contributed by atoms with van der Waals surface area (Å²) in [6.07, 6.45) is -3.55. The van der Waals surface area contributed by atoms with Gasteiger partial charge in [0.05, 0.1) is 6.04 Å². The number of hydrogen-bond acceptors (Lipinski definition) is 7. The highest BCUT2D eigenvalue weighted by molar-refractivity contribution is 5.39. The van der Waals surface area contributed by atoms with E-state index in [4.69, 9.17) is 10.5 Å². The molecule has 23 heavy (non-hydrogen) atoms. The van der Waals surface area contributed by atoms with Crippen molar-refractivity contribution >= 4 is 11.9 Å². The Balaban J connectivity index is 1.95. The predicted molar refractivity (Wildman–Crippen MR) is 75.9 cm³/mol. The van der Waals surface area contributed by atoms with Gasteiger partial charge in [0.25, 0.3) is 0 Å². The van der Waals surface area contributed by atoms with Gasteiger partial charge in [-0.05, 0) is 19.1 Å². The van der Waals surface area contributed by atoms with E-state index in [1.54, 1.807) is 13.0 Å². The molecule has 3 N–H and O–H groups in total. The third kappa shape index (κ3) is 5.49. The molecule has 1 heterocycles. The molecular formula is C13H14F3N5O2. The predicted octanol–water partition coefficient (Wildman–Crippen LogP) is 2.23. The van der Waals surface area contributed by atoms with Crippen LogP contribution >= 0.6 is 0 Å². The summed E-state index contributed by atoms with van der Waals surface area (Å²) < 4.78 is 46.2. The van der Waals surface area contributed by atoms with Crippen LogP contribution in [-0.2, 0) is 0 Å². The molecule has 0 aliphatic rings. The minimum Gasteiger partial charge on any atom is -0.488 e. The van der Waals surface area contributed by atoms with Crippen LogP contribution in [0.3, 0.4) is 0 Å². The second kappa shape index (κ2) is 6.99. The van der Waals surface area contributed by atoms with E-state index in [9.17, 15) is 13.2 Å². The van der Waals surface area contributed by atoms with E-state index >= 15 is 0 Å². The summed E-state index contributed by atoms with van der Waals surface area (Å²) in [5, 5.41) is 2.89. The fraction of sp³-hybridized carbons (Fsp3) is 0.308. The summed E-state index contributed by atoms with van der Waals surface area (Å²) >= 11 is 0. The van der Waals surface area contributed by atoms with Crippen LogP contribution in [0.2, 0.25) is 0 Å². The second-order valence-electron chi connectivity index (χ2n) is 4.52. The maximum Gasteiger partial charge on any atom is 0.573 e. The second-order valence-corrected chi connectivity index (χ2v) is 4.52. The van der Waals surface area contributed by atoms with E-state index in [0.29, 0.717) is 0 Å². The van der Waals surface area contributed by atoms with Gasteiger partial charge in [-0.1, -0.05) is 12.1 Å². The number of nitrogens with one attached hydrogen (secondary N) is 1. The van der Waals surface area contributed by atoms with Crippen LogP contribution in [0.5, 0.6) is 11.5 Å². The molecule has 0 radical (unpaired) electrons. The Labute approximate surface area is 129 Å². The molecule has 0 bridgehead atoms. The highest BCUT2D eigenvalue weighted by Gasteiger charge is 2.32. The third-order valence-electron chi connectivity index (χ3n) is 2.53. The lowest BCUT2D eigenvalue weighted by atomic mass is 10.3. The zero-order valence-corrected chi connectivity index (χ0v) is 12.0. The highest BCUT2D eigenvalue weighted by Crippen LogP contribution is 2.31. The molecule has 124 valence electrons. The topological polar surface area (TPSA) is 95.2 Å². The first-order valence-electron chi connectivity index (χ1n) is 6.52. The van der Waals surface area contributed by atoms with Crippen LogP contribution < -0.4 is 20.5 Å². The average molecular weight is 329 g/mol. The number of anilines is 2. The molecule has 0 amide bonds. The molecular weight excluding hydrogens is 315 g/mol. The van der Waals surface area contributed by atoms with Crippen molar-refractivity contribution in [1.29, 1.82) is 0 Å². The van der Waals surface area contributed by atoms with Crippen LogP contribution in [0.25, 0.3) is 0 Å². The van der Waals surface area contributed by atoms with Crippen molar-refractivity contribution in [3.05, 3.63) is 30.6 Å². The molecule has 1 atom stereocenters. The minimum absolute atomic E-state index is 0.0198. The van der Waals surface area contributed by atoms with Crippen molar-refractivity contribution in [3.8, 4) is 11.5 Å². The van der Waals surface area contributed by atoms with Crippen LogP contribution in [0.1, 0.15) is 6.92 Å². The fourth-order valence-electron chi connectivity index (χ4n) is 1.63. The quantitative estimate of drug-likeness (QED) is 0.839. The molecule has 0 saturated carbocycles. The Morgan fingerprint density at radius 3 is 2.57 bits per heavy atom. The number of hydrogen-bond donors (Lipinski definition) is 2. The van der Waals surface area contributed by atoms with Gasteiger partial charge in [0.1, 0.15) is 12.9 Å². The lowest BCUT2D eigenvalue weighted by Gasteiger charge is -2.17. The van der Waals surface area contributed by atoms with Gasteiger partial charge in [-0.15, -0.1) is 13.2 Å². The number of nitrogens with zero attached hydrogens (tertiary/aromatic N) is 3. The Morgan fingerprint density at radius 1 is 1.22 bits per heavy atom. The van der Waals surface area contributed by atoms with Crippen LogP contribution in [-0.4, -0.2) is 34.0 Å². The molecule has 0 aliphatic carbocycles. The van der Waals surface area contributed by atoms with Crippen molar-refractivity contribution in [2.45, 2.75) is 19.3 Å². The first-order valence-corrected chi connectivity index (χ1v) is 6.52. The van der Waals surface area contributed by atoms with E-state index in [1.807, 2.05) is 0 Å². The van der Waals surface area contributed by atoms with Gasteiger partial charge in [0, 0.05) is 0 Å². The van der Waals surface area contributed by atoms with Crippen molar-refractivity contribution in [1.82, 2.24) is 15.0 Å². The fourth-order valence-corrected chi connectivity index (χ4v) is 1.63. The number of nitrogen functional groups attached to an aromatic ring is 1. The van der Waals surface area contributed by atoms with E-state index in [0.717, 1.165) is 0 Å². The lowest BCUT2D eigenvalue weighted by Crippen LogP contribution is -2.25. The van der Waals surface area contributed by atoms with Gasteiger partial charge >= 0.3 is 6.36 Å². The molecule has 10 heteroatoms. The van der Waals surface area contributed by atoms with Crippen LogP contribution in [0.4, 0.5) is 25.1 Å². The minimum atomic E-state index is -4.79. The Hall–Kier alpha value is -2.78. The van der Waals surface area contributed by atoms with Gasteiger partial charge < -0.3 is 20.5 Å². The van der Waals surface area contributed by atoms with E-state index < -0.39 is 12.1 Å². The van der Waals surface area contributed by atoms with Gasteiger partial charge in [-0.3, -0.25) is 0 Å². The Morgan fingerprint density at radius 2 is 1.91 bits per heavy atom. The zero-order chi connectivity index (χ0) is 16.9. The van der Waals surface area contributed by atoms with E-state index in [-0.39, 0.29) is 30.3 Å². The molecule has 1 aromatic heterocycles. The van der Waals surface area contributed by atoms with Gasteiger partial charge in [-0.25, -0.2) is 9.97 Å². The summed E-state index contributed by atoms with van der Waals surface area (Å²) in [5.41, 5.74) is 5.42. The Bertz CT molecular complexity index is 654. The number of halogens is 3. The van der Waals surface area contributed by atoms with Crippen molar-refractivity contribution in [2.24, 2.45) is 0 Å².